The third-order valence-corrected chi connectivity index (χ3v) is 6.40. The van der Waals surface area contributed by atoms with Gasteiger partial charge in [0.15, 0.2) is 0 Å². The van der Waals surface area contributed by atoms with Gasteiger partial charge in [-0.15, -0.1) is 0 Å². The van der Waals surface area contributed by atoms with Crippen molar-refractivity contribution in [2.24, 2.45) is 5.92 Å². The van der Waals surface area contributed by atoms with Gasteiger partial charge >= 0.3 is 0 Å². The van der Waals surface area contributed by atoms with Crippen LogP contribution in [0.5, 0.6) is 0 Å². The van der Waals surface area contributed by atoms with Gasteiger partial charge in [0.2, 0.25) is 5.95 Å². The number of rotatable bonds is 10. The van der Waals surface area contributed by atoms with Crippen molar-refractivity contribution >= 4 is 23.1 Å². The molecule has 2 aliphatic carbocycles. The normalized spacial score (nSPS) is 21.1. The summed E-state index contributed by atoms with van der Waals surface area (Å²) in [5, 5.41) is 10.8. The second kappa shape index (κ2) is 10.6. The number of nitrogens with zero attached hydrogens (tertiary/aromatic N) is 2. The summed E-state index contributed by atoms with van der Waals surface area (Å²) >= 11 is 6.43. The fourth-order valence-corrected chi connectivity index (χ4v) is 4.26. The molecule has 31 heavy (non-hydrogen) atoms. The molecule has 0 unspecified atom stereocenters. The van der Waals surface area contributed by atoms with Crippen molar-refractivity contribution < 1.29 is 9.13 Å². The Morgan fingerprint density at radius 2 is 1.84 bits per heavy atom. The summed E-state index contributed by atoms with van der Waals surface area (Å²) in [6.07, 6.45) is 10.0. The summed E-state index contributed by atoms with van der Waals surface area (Å²) in [5.74, 6) is 0.949. The van der Waals surface area contributed by atoms with Gasteiger partial charge in [0.25, 0.3) is 0 Å². The Morgan fingerprint density at radius 1 is 1.06 bits per heavy atom. The highest BCUT2D eigenvalue weighted by Crippen LogP contribution is 2.33. The molecule has 2 aromatic rings. The maximum absolute atomic E-state index is 14.1. The first-order valence-corrected chi connectivity index (χ1v) is 11.5. The molecule has 0 spiro atoms. The predicted molar refractivity (Wildman–Crippen MR) is 123 cm³/mol. The monoisotopic (exact) mass is 447 g/mol. The van der Waals surface area contributed by atoms with Gasteiger partial charge in [0.1, 0.15) is 5.82 Å². The molecule has 0 aliphatic heterocycles. The fourth-order valence-electron chi connectivity index (χ4n) is 4.05. The van der Waals surface area contributed by atoms with Crippen LogP contribution in [0.25, 0.3) is 11.1 Å². The second-order valence-corrected chi connectivity index (χ2v) is 8.98. The van der Waals surface area contributed by atoms with Crippen LogP contribution in [-0.2, 0) is 4.74 Å². The number of methoxy groups -OCH3 is 1. The number of halogens is 2. The summed E-state index contributed by atoms with van der Waals surface area (Å²) in [6, 6.07) is 4.65. The van der Waals surface area contributed by atoms with Crippen molar-refractivity contribution in [1.82, 2.24) is 15.3 Å². The Hall–Kier alpha value is -1.96. The lowest BCUT2D eigenvalue weighted by Gasteiger charge is -2.30. The van der Waals surface area contributed by atoms with Crippen molar-refractivity contribution in [3.05, 3.63) is 35.5 Å². The molecule has 4 rings (SSSR count). The maximum atomic E-state index is 14.1. The number of anilines is 2. The molecule has 2 heterocycles. The van der Waals surface area contributed by atoms with Crippen molar-refractivity contribution in [2.75, 3.05) is 37.4 Å². The molecule has 2 saturated carbocycles. The zero-order valence-electron chi connectivity index (χ0n) is 18.0. The van der Waals surface area contributed by atoms with Crippen LogP contribution in [0.3, 0.4) is 0 Å². The van der Waals surface area contributed by atoms with E-state index in [9.17, 15) is 4.39 Å². The first-order chi connectivity index (χ1) is 15.1. The minimum atomic E-state index is -0.483. The van der Waals surface area contributed by atoms with Crippen molar-refractivity contribution in [2.45, 2.75) is 50.6 Å². The molecule has 168 valence electrons. The number of pyridine rings is 2. The van der Waals surface area contributed by atoms with E-state index in [2.05, 4.69) is 25.9 Å². The van der Waals surface area contributed by atoms with Crippen LogP contribution >= 0.6 is 11.6 Å². The van der Waals surface area contributed by atoms with Crippen LogP contribution < -0.4 is 16.0 Å². The Bertz CT molecular complexity index is 871. The molecule has 3 N–H and O–H groups in total. The van der Waals surface area contributed by atoms with E-state index >= 15 is 0 Å². The van der Waals surface area contributed by atoms with E-state index in [1.807, 2.05) is 6.07 Å². The van der Waals surface area contributed by atoms with Crippen LogP contribution in [0.4, 0.5) is 15.9 Å². The Balaban J connectivity index is 1.39. The van der Waals surface area contributed by atoms with E-state index in [4.69, 9.17) is 16.3 Å². The number of ether oxygens (including phenoxy) is 1. The van der Waals surface area contributed by atoms with E-state index in [-0.39, 0.29) is 0 Å². The fraction of sp³-hybridized carbons (Fsp3) is 0.565. The van der Waals surface area contributed by atoms with Crippen molar-refractivity contribution in [3.63, 3.8) is 0 Å². The topological polar surface area (TPSA) is 71.1 Å². The van der Waals surface area contributed by atoms with Gasteiger partial charge in [-0.25, -0.2) is 9.97 Å². The molecule has 2 fully saturated rings. The Labute approximate surface area is 188 Å². The molecule has 0 radical (unpaired) electrons. The second-order valence-electron chi connectivity index (χ2n) is 8.58. The van der Waals surface area contributed by atoms with Gasteiger partial charge in [0.05, 0.1) is 17.3 Å². The average Bonchev–Trinajstić information content (AvgIpc) is 3.61. The van der Waals surface area contributed by atoms with E-state index < -0.39 is 5.95 Å². The first kappa shape index (κ1) is 22.2. The molecule has 0 saturated heterocycles. The molecule has 6 nitrogen and oxygen atoms in total. The smallest absolute Gasteiger partial charge is 0.236 e. The van der Waals surface area contributed by atoms with Gasteiger partial charge in [-0.05, 0) is 56.6 Å². The summed E-state index contributed by atoms with van der Waals surface area (Å²) in [6.45, 7) is 2.41. The number of hydrogen-bond acceptors (Lipinski definition) is 6. The summed E-state index contributed by atoms with van der Waals surface area (Å²) in [5.41, 5.74) is 2.00. The van der Waals surface area contributed by atoms with Crippen LogP contribution in [0, 0.1) is 11.9 Å². The molecule has 0 amide bonds. The number of hydrogen-bond donors (Lipinski definition) is 3. The molecule has 2 aromatic heterocycles. The highest BCUT2D eigenvalue weighted by molar-refractivity contribution is 6.33. The van der Waals surface area contributed by atoms with E-state index in [0.717, 1.165) is 62.3 Å². The lowest BCUT2D eigenvalue weighted by Crippen LogP contribution is -2.38. The number of nitrogens with one attached hydrogen (secondary N) is 3. The average molecular weight is 448 g/mol. The largest absolute Gasteiger partial charge is 0.383 e. The minimum Gasteiger partial charge on any atom is -0.383 e. The zero-order chi connectivity index (χ0) is 21.6. The van der Waals surface area contributed by atoms with Gasteiger partial charge < -0.3 is 20.7 Å². The molecule has 0 aromatic carbocycles. The maximum Gasteiger partial charge on any atom is 0.236 e. The highest BCUT2D eigenvalue weighted by Gasteiger charge is 2.22. The van der Waals surface area contributed by atoms with E-state index in [1.165, 1.54) is 19.0 Å². The van der Waals surface area contributed by atoms with Gasteiger partial charge in [-0.3, -0.25) is 0 Å². The molecule has 2 aliphatic rings. The van der Waals surface area contributed by atoms with Gasteiger partial charge in [0, 0.05) is 55.8 Å². The molecular weight excluding hydrogens is 417 g/mol. The van der Waals surface area contributed by atoms with Gasteiger partial charge in [-0.1, -0.05) is 11.6 Å². The minimum absolute atomic E-state index is 0.379. The predicted octanol–water partition coefficient (Wildman–Crippen LogP) is 4.72. The summed E-state index contributed by atoms with van der Waals surface area (Å²) < 4.78 is 19.2. The molecule has 0 atom stereocenters. The number of aromatic nitrogens is 2. The Kier molecular flexibility index (Phi) is 7.58. The molecule has 8 heteroatoms. The van der Waals surface area contributed by atoms with E-state index in [0.29, 0.717) is 28.7 Å². The summed E-state index contributed by atoms with van der Waals surface area (Å²) in [7, 11) is 1.73. The first-order valence-electron chi connectivity index (χ1n) is 11.2. The summed E-state index contributed by atoms with van der Waals surface area (Å²) in [4.78, 5) is 8.40. The zero-order valence-corrected chi connectivity index (χ0v) is 18.7. The van der Waals surface area contributed by atoms with Crippen LogP contribution in [0.2, 0.25) is 5.02 Å². The van der Waals surface area contributed by atoms with Crippen LogP contribution in [0.15, 0.2) is 24.5 Å². The lowest BCUT2D eigenvalue weighted by atomic mass is 9.91. The standard InChI is InChI=1S/C23H31ClFN5O/c1-31-9-8-26-17-4-6-18(7-5-17)30-22-11-19(20(24)14-28-22)16-10-21(23(25)29-13-16)27-12-15-2-3-15/h10-11,13-15,17-18,26-27H,2-9,12H2,1H3,(H,28,30). The third kappa shape index (κ3) is 6.28. The molecule has 0 bridgehead atoms. The SMILES string of the molecule is COCCNC1CCC(Nc2cc(-c3cnc(F)c(NCC4CC4)c3)c(Cl)cn2)CC1. The van der Waals surface area contributed by atoms with E-state index in [1.54, 1.807) is 19.4 Å². The van der Waals surface area contributed by atoms with Crippen LogP contribution in [-0.4, -0.2) is 48.9 Å². The van der Waals surface area contributed by atoms with Crippen LogP contribution in [0.1, 0.15) is 38.5 Å². The van der Waals surface area contributed by atoms with Crippen molar-refractivity contribution in [3.8, 4) is 11.1 Å². The third-order valence-electron chi connectivity index (χ3n) is 6.10. The lowest BCUT2D eigenvalue weighted by molar-refractivity contribution is 0.191. The van der Waals surface area contributed by atoms with Crippen molar-refractivity contribution in [1.29, 1.82) is 0 Å². The Morgan fingerprint density at radius 3 is 2.58 bits per heavy atom. The van der Waals surface area contributed by atoms with Gasteiger partial charge in [-0.2, -0.15) is 4.39 Å². The molecular formula is C23H31ClFN5O. The quantitative estimate of drug-likeness (QED) is 0.361. The highest BCUT2D eigenvalue weighted by atomic mass is 35.5.